The number of phenols is 1. The second kappa shape index (κ2) is 7.86. The molecule has 0 aliphatic rings. The first-order valence-electron chi connectivity index (χ1n) is 3.96. The van der Waals surface area contributed by atoms with E-state index in [1.165, 1.54) is 7.11 Å². The second-order valence-corrected chi connectivity index (χ2v) is 4.86. The summed E-state index contributed by atoms with van der Waals surface area (Å²) in [5.74, 6) is -0.162. The van der Waals surface area contributed by atoms with Gasteiger partial charge in [-0.3, -0.25) is 0 Å². The number of halogens is 3. The predicted molar refractivity (Wildman–Crippen MR) is 73.4 cm³/mol. The molecule has 0 radical (unpaired) electrons. The normalized spacial score (nSPS) is 8.75. The average molecular weight is 417 g/mol. The van der Waals surface area contributed by atoms with Crippen molar-refractivity contribution in [2.45, 2.75) is 0 Å². The molecular formula is C10H9Br3O3. The lowest BCUT2D eigenvalue weighted by atomic mass is 10.3. The molecule has 0 bridgehead atoms. The number of methoxy groups -OCH3 is 1. The number of benzene rings is 1. The highest BCUT2D eigenvalue weighted by Crippen LogP contribution is 2.36. The number of phenolic OH excluding ortho intramolecular Hbond substituents is 1. The van der Waals surface area contributed by atoms with Crippen molar-refractivity contribution in [3.63, 3.8) is 0 Å². The van der Waals surface area contributed by atoms with Crippen LogP contribution >= 0.6 is 47.8 Å². The van der Waals surface area contributed by atoms with Crippen LogP contribution in [0.1, 0.15) is 0 Å². The van der Waals surface area contributed by atoms with Crippen molar-refractivity contribution in [1.29, 1.82) is 0 Å². The molecule has 0 saturated carbocycles. The first-order chi connectivity index (χ1) is 7.43. The van der Waals surface area contributed by atoms with Gasteiger partial charge in [0.25, 0.3) is 0 Å². The van der Waals surface area contributed by atoms with Crippen molar-refractivity contribution in [3.8, 4) is 5.75 Å². The lowest BCUT2D eigenvalue weighted by molar-refractivity contribution is -0.134. The van der Waals surface area contributed by atoms with Gasteiger partial charge in [0.2, 0.25) is 0 Å². The van der Waals surface area contributed by atoms with E-state index < -0.39 is 5.97 Å². The molecule has 0 atom stereocenters. The van der Waals surface area contributed by atoms with E-state index in [0.717, 1.165) is 15.0 Å². The van der Waals surface area contributed by atoms with Gasteiger partial charge in [-0.25, -0.2) is 4.79 Å². The maximum absolute atomic E-state index is 9.84. The number of hydrogen-bond acceptors (Lipinski definition) is 3. The topological polar surface area (TPSA) is 46.5 Å². The molecule has 6 heteroatoms. The van der Waals surface area contributed by atoms with E-state index in [-0.39, 0.29) is 5.75 Å². The van der Waals surface area contributed by atoms with E-state index in [0.29, 0.717) is 4.47 Å². The summed E-state index contributed by atoms with van der Waals surface area (Å²) in [5, 5.41) is 9.13. The fourth-order valence-corrected chi connectivity index (χ4v) is 1.88. The van der Waals surface area contributed by atoms with Crippen LogP contribution in [0.25, 0.3) is 0 Å². The van der Waals surface area contributed by atoms with Crippen molar-refractivity contribution in [3.05, 3.63) is 38.2 Å². The number of rotatable bonds is 1. The standard InChI is InChI=1S/C6H3Br3O.C4H6O2/c7-3-1-2-4(10)6(9)5(3)8;1-3-4(5)6-2/h1-2,10H;3H,1H2,2H3. The minimum Gasteiger partial charge on any atom is -0.507 e. The maximum atomic E-state index is 9.84. The van der Waals surface area contributed by atoms with Gasteiger partial charge in [-0.05, 0) is 59.9 Å². The predicted octanol–water partition coefficient (Wildman–Crippen LogP) is 4.03. The number of carbonyl (C=O) groups is 1. The zero-order valence-electron chi connectivity index (χ0n) is 8.34. The van der Waals surface area contributed by atoms with E-state index in [4.69, 9.17) is 5.11 Å². The average Bonchev–Trinajstić information content (AvgIpc) is 2.31. The zero-order chi connectivity index (χ0) is 12.7. The lowest BCUT2D eigenvalue weighted by Gasteiger charge is -2.00. The fourth-order valence-electron chi connectivity index (χ4n) is 0.599. The Labute approximate surface area is 119 Å². The Morgan fingerprint density at radius 1 is 1.38 bits per heavy atom. The summed E-state index contributed by atoms with van der Waals surface area (Å²) in [4.78, 5) is 9.84. The second-order valence-electron chi connectivity index (χ2n) is 2.42. The fraction of sp³-hybridized carbons (Fsp3) is 0.100. The van der Waals surface area contributed by atoms with Crippen LogP contribution in [0.3, 0.4) is 0 Å². The molecule has 0 saturated heterocycles. The van der Waals surface area contributed by atoms with Crippen LogP contribution in [0.2, 0.25) is 0 Å². The molecule has 0 spiro atoms. The number of hydrogen-bond donors (Lipinski definition) is 1. The van der Waals surface area contributed by atoms with Crippen molar-refractivity contribution < 1.29 is 14.6 Å². The first-order valence-corrected chi connectivity index (χ1v) is 6.34. The Kier molecular flexibility index (Phi) is 7.70. The van der Waals surface area contributed by atoms with Crippen LogP contribution in [0, 0.1) is 0 Å². The highest BCUT2D eigenvalue weighted by Gasteiger charge is 2.04. The van der Waals surface area contributed by atoms with Crippen LogP contribution in [0.5, 0.6) is 5.75 Å². The zero-order valence-corrected chi connectivity index (χ0v) is 13.1. The molecule has 16 heavy (non-hydrogen) atoms. The van der Waals surface area contributed by atoms with E-state index in [2.05, 4.69) is 59.1 Å². The minimum absolute atomic E-state index is 0.232. The van der Waals surface area contributed by atoms with Crippen LogP contribution in [-0.4, -0.2) is 18.2 Å². The minimum atomic E-state index is -0.394. The third kappa shape index (κ3) is 5.14. The highest BCUT2D eigenvalue weighted by molar-refractivity contribution is 9.14. The van der Waals surface area contributed by atoms with Crippen molar-refractivity contribution >= 4 is 53.8 Å². The van der Waals surface area contributed by atoms with Gasteiger partial charge in [0.1, 0.15) is 5.75 Å². The summed E-state index contributed by atoms with van der Waals surface area (Å²) in [6, 6.07) is 3.38. The molecule has 0 unspecified atom stereocenters. The van der Waals surface area contributed by atoms with Gasteiger partial charge in [0, 0.05) is 15.0 Å². The molecule has 1 aromatic carbocycles. The van der Waals surface area contributed by atoms with E-state index in [9.17, 15) is 4.79 Å². The number of aromatic hydroxyl groups is 1. The molecule has 0 aromatic heterocycles. The van der Waals surface area contributed by atoms with E-state index in [1.54, 1.807) is 12.1 Å². The molecule has 88 valence electrons. The van der Waals surface area contributed by atoms with Crippen LogP contribution in [-0.2, 0) is 9.53 Å². The molecule has 0 amide bonds. The van der Waals surface area contributed by atoms with Crippen molar-refractivity contribution in [2.75, 3.05) is 7.11 Å². The monoisotopic (exact) mass is 414 g/mol. The third-order valence-electron chi connectivity index (χ3n) is 1.38. The quantitative estimate of drug-likeness (QED) is 0.427. The molecule has 1 aromatic rings. The summed E-state index contributed by atoms with van der Waals surface area (Å²) in [7, 11) is 1.31. The third-order valence-corrected chi connectivity index (χ3v) is 4.73. The van der Waals surface area contributed by atoms with Gasteiger partial charge in [0.15, 0.2) is 0 Å². The van der Waals surface area contributed by atoms with Gasteiger partial charge in [-0.2, -0.15) is 0 Å². The Morgan fingerprint density at radius 3 is 2.25 bits per heavy atom. The summed E-state index contributed by atoms with van der Waals surface area (Å²) in [6.07, 6.45) is 1.11. The van der Waals surface area contributed by atoms with Gasteiger partial charge in [0.05, 0.1) is 11.6 Å². The Bertz CT molecular complexity index is 364. The molecule has 3 nitrogen and oxygen atoms in total. The van der Waals surface area contributed by atoms with Gasteiger partial charge >= 0.3 is 5.97 Å². The van der Waals surface area contributed by atoms with Gasteiger partial charge in [-0.15, -0.1) is 0 Å². The summed E-state index contributed by atoms with van der Waals surface area (Å²) >= 11 is 9.77. The highest BCUT2D eigenvalue weighted by atomic mass is 79.9. The SMILES string of the molecule is C=CC(=O)OC.Oc1ccc(Br)c(Br)c1Br. The summed E-state index contributed by atoms with van der Waals surface area (Å²) in [5.41, 5.74) is 0. The number of carbonyl (C=O) groups excluding carboxylic acids is 1. The molecule has 0 fully saturated rings. The first kappa shape index (κ1) is 15.7. The largest absolute Gasteiger partial charge is 0.507 e. The van der Waals surface area contributed by atoms with Gasteiger partial charge < -0.3 is 9.84 Å². The van der Waals surface area contributed by atoms with E-state index in [1.807, 2.05) is 0 Å². The molecule has 1 N–H and O–H groups in total. The lowest BCUT2D eigenvalue weighted by Crippen LogP contribution is -1.91. The smallest absolute Gasteiger partial charge is 0.329 e. The maximum Gasteiger partial charge on any atom is 0.329 e. The Morgan fingerprint density at radius 2 is 1.94 bits per heavy atom. The van der Waals surface area contributed by atoms with E-state index >= 15 is 0 Å². The molecule has 0 heterocycles. The van der Waals surface area contributed by atoms with Crippen LogP contribution < -0.4 is 0 Å². The summed E-state index contributed by atoms with van der Waals surface area (Å²) < 4.78 is 6.55. The molecule has 0 aliphatic heterocycles. The van der Waals surface area contributed by atoms with Crippen molar-refractivity contribution in [2.24, 2.45) is 0 Å². The number of ether oxygens (including phenoxy) is 1. The van der Waals surface area contributed by atoms with Crippen LogP contribution in [0.4, 0.5) is 0 Å². The Hall–Kier alpha value is -0.330. The Balaban J connectivity index is 0.000000325. The van der Waals surface area contributed by atoms with Crippen molar-refractivity contribution in [1.82, 2.24) is 0 Å². The summed E-state index contributed by atoms with van der Waals surface area (Å²) in [6.45, 7) is 3.16. The van der Waals surface area contributed by atoms with Crippen LogP contribution in [0.15, 0.2) is 38.2 Å². The molecular weight excluding hydrogens is 408 g/mol. The molecule has 0 aliphatic carbocycles. The van der Waals surface area contributed by atoms with Gasteiger partial charge in [-0.1, -0.05) is 6.58 Å². The molecule has 1 rings (SSSR count). The number of esters is 1.